The van der Waals surface area contributed by atoms with E-state index in [0.717, 1.165) is 25.9 Å². The van der Waals surface area contributed by atoms with Gasteiger partial charge in [0.1, 0.15) is 0 Å². The number of carboxylic acids is 1. The molecule has 0 radical (unpaired) electrons. The van der Waals surface area contributed by atoms with E-state index in [0.29, 0.717) is 37.3 Å². The first-order valence-electron chi connectivity index (χ1n) is 7.61. The van der Waals surface area contributed by atoms with Crippen LogP contribution in [0.25, 0.3) is 0 Å². The van der Waals surface area contributed by atoms with Crippen molar-refractivity contribution in [3.05, 3.63) is 0 Å². The highest BCUT2D eigenvalue weighted by molar-refractivity contribution is 5.76. The lowest BCUT2D eigenvalue weighted by Gasteiger charge is -2.34. The molecule has 116 valence electrons. The predicted molar refractivity (Wildman–Crippen MR) is 76.4 cm³/mol. The quantitative estimate of drug-likeness (QED) is 0.645. The van der Waals surface area contributed by atoms with Gasteiger partial charge < -0.3 is 15.2 Å². The largest absolute Gasteiger partial charge is 0.481 e. The van der Waals surface area contributed by atoms with Crippen LogP contribution in [-0.2, 0) is 14.3 Å². The van der Waals surface area contributed by atoms with Gasteiger partial charge in [-0.2, -0.15) is 0 Å². The molecular formula is C15H27NO4. The van der Waals surface area contributed by atoms with Crippen molar-refractivity contribution in [2.75, 3.05) is 13.2 Å². The fourth-order valence-corrected chi connectivity index (χ4v) is 2.52. The predicted octanol–water partition coefficient (Wildman–Crippen LogP) is 2.20. The normalized spacial score (nSPS) is 22.9. The molecule has 1 rings (SSSR count). The Balaban J connectivity index is 1.99. The van der Waals surface area contributed by atoms with Crippen LogP contribution in [0.3, 0.4) is 0 Å². The van der Waals surface area contributed by atoms with E-state index in [1.54, 1.807) is 0 Å². The first-order chi connectivity index (χ1) is 9.51. The molecule has 20 heavy (non-hydrogen) atoms. The molecule has 0 aromatic carbocycles. The average molecular weight is 285 g/mol. The summed E-state index contributed by atoms with van der Waals surface area (Å²) in [6, 6.07) is 0. The summed E-state index contributed by atoms with van der Waals surface area (Å²) in [7, 11) is 0. The van der Waals surface area contributed by atoms with Crippen LogP contribution in [-0.4, -0.2) is 36.2 Å². The minimum absolute atomic E-state index is 0.107. The Labute approximate surface area is 121 Å². The standard InChI is InChI=1S/C15H27NO4/c1-3-20-13-8-12(9-13)10-14(17)16-7-6-11(2)4-5-15(18)19/h11-13H,3-10H2,1-2H3,(H,16,17)(H,18,19). The first-order valence-corrected chi connectivity index (χ1v) is 7.61. The Morgan fingerprint density at radius 3 is 2.65 bits per heavy atom. The van der Waals surface area contributed by atoms with Crippen molar-refractivity contribution in [1.29, 1.82) is 0 Å². The van der Waals surface area contributed by atoms with Crippen molar-refractivity contribution in [2.24, 2.45) is 11.8 Å². The third-order valence-electron chi connectivity index (χ3n) is 3.88. The molecule has 0 aromatic heterocycles. The molecule has 0 bridgehead atoms. The summed E-state index contributed by atoms with van der Waals surface area (Å²) >= 11 is 0. The number of hydrogen-bond donors (Lipinski definition) is 2. The Bertz CT molecular complexity index is 313. The van der Waals surface area contributed by atoms with Gasteiger partial charge in [-0.3, -0.25) is 9.59 Å². The minimum Gasteiger partial charge on any atom is -0.481 e. The molecule has 0 saturated heterocycles. The highest BCUT2D eigenvalue weighted by atomic mass is 16.5. The van der Waals surface area contributed by atoms with Gasteiger partial charge in [0.15, 0.2) is 0 Å². The molecule has 2 N–H and O–H groups in total. The van der Waals surface area contributed by atoms with Crippen molar-refractivity contribution >= 4 is 11.9 Å². The summed E-state index contributed by atoms with van der Waals surface area (Å²) in [5.74, 6) is 0.151. The second kappa shape index (κ2) is 8.95. The summed E-state index contributed by atoms with van der Waals surface area (Å²) in [5.41, 5.74) is 0. The summed E-state index contributed by atoms with van der Waals surface area (Å²) < 4.78 is 5.47. The van der Waals surface area contributed by atoms with E-state index in [1.807, 2.05) is 13.8 Å². The molecule has 1 saturated carbocycles. The van der Waals surface area contributed by atoms with E-state index in [1.165, 1.54) is 0 Å². The fraction of sp³-hybridized carbons (Fsp3) is 0.867. The van der Waals surface area contributed by atoms with Gasteiger partial charge in [-0.25, -0.2) is 0 Å². The van der Waals surface area contributed by atoms with Gasteiger partial charge in [-0.15, -0.1) is 0 Å². The molecule has 0 spiro atoms. The van der Waals surface area contributed by atoms with Crippen LogP contribution in [0.1, 0.15) is 52.4 Å². The molecule has 1 aliphatic carbocycles. The van der Waals surface area contributed by atoms with Gasteiger partial charge in [0.25, 0.3) is 0 Å². The molecule has 0 aromatic rings. The number of rotatable bonds is 10. The topological polar surface area (TPSA) is 75.6 Å². The Morgan fingerprint density at radius 2 is 2.05 bits per heavy atom. The van der Waals surface area contributed by atoms with Crippen LogP contribution in [0.2, 0.25) is 0 Å². The maximum atomic E-state index is 11.7. The molecule has 5 nitrogen and oxygen atoms in total. The van der Waals surface area contributed by atoms with E-state index < -0.39 is 5.97 Å². The molecule has 5 heteroatoms. The number of nitrogens with one attached hydrogen (secondary N) is 1. The summed E-state index contributed by atoms with van der Waals surface area (Å²) in [6.07, 6.45) is 4.65. The maximum absolute atomic E-state index is 11.7. The van der Waals surface area contributed by atoms with Gasteiger partial charge >= 0.3 is 5.97 Å². The number of aliphatic carboxylic acids is 1. The lowest BCUT2D eigenvalue weighted by Crippen LogP contribution is -2.36. The number of carbonyl (C=O) groups is 2. The number of hydrogen-bond acceptors (Lipinski definition) is 3. The third-order valence-corrected chi connectivity index (χ3v) is 3.88. The van der Waals surface area contributed by atoms with E-state index in [2.05, 4.69) is 5.32 Å². The second-order valence-corrected chi connectivity index (χ2v) is 5.80. The maximum Gasteiger partial charge on any atom is 0.303 e. The van der Waals surface area contributed by atoms with Crippen molar-refractivity contribution in [3.8, 4) is 0 Å². The summed E-state index contributed by atoms with van der Waals surface area (Å²) in [6.45, 7) is 5.40. The van der Waals surface area contributed by atoms with Gasteiger partial charge in [-0.1, -0.05) is 6.92 Å². The van der Waals surface area contributed by atoms with Crippen LogP contribution < -0.4 is 5.32 Å². The highest BCUT2D eigenvalue weighted by Crippen LogP contribution is 2.32. The van der Waals surface area contributed by atoms with Crippen LogP contribution >= 0.6 is 0 Å². The zero-order valence-corrected chi connectivity index (χ0v) is 12.6. The van der Waals surface area contributed by atoms with Crippen LogP contribution in [0.15, 0.2) is 0 Å². The first kappa shape index (κ1) is 17.0. The number of ether oxygens (including phenoxy) is 1. The average Bonchev–Trinajstić information content (AvgIpc) is 2.34. The van der Waals surface area contributed by atoms with Crippen LogP contribution in [0.5, 0.6) is 0 Å². The van der Waals surface area contributed by atoms with E-state index in [4.69, 9.17) is 9.84 Å². The molecule has 1 atom stereocenters. The Morgan fingerprint density at radius 1 is 1.35 bits per heavy atom. The fourth-order valence-electron chi connectivity index (χ4n) is 2.52. The van der Waals surface area contributed by atoms with Crippen molar-refractivity contribution in [2.45, 2.75) is 58.5 Å². The smallest absolute Gasteiger partial charge is 0.303 e. The highest BCUT2D eigenvalue weighted by Gasteiger charge is 2.30. The Hall–Kier alpha value is -1.10. The lowest BCUT2D eigenvalue weighted by atomic mass is 9.80. The minimum atomic E-state index is -0.755. The van der Waals surface area contributed by atoms with Crippen molar-refractivity contribution in [3.63, 3.8) is 0 Å². The van der Waals surface area contributed by atoms with Gasteiger partial charge in [0.2, 0.25) is 5.91 Å². The van der Waals surface area contributed by atoms with E-state index >= 15 is 0 Å². The SMILES string of the molecule is CCOC1CC(CC(=O)NCCC(C)CCC(=O)O)C1. The zero-order valence-electron chi connectivity index (χ0n) is 12.6. The van der Waals surface area contributed by atoms with Crippen molar-refractivity contribution < 1.29 is 19.4 Å². The van der Waals surface area contributed by atoms with Gasteiger partial charge in [0.05, 0.1) is 6.10 Å². The number of carbonyl (C=O) groups excluding carboxylic acids is 1. The molecule has 1 amide bonds. The number of amides is 1. The monoisotopic (exact) mass is 285 g/mol. The second-order valence-electron chi connectivity index (χ2n) is 5.80. The molecule has 0 aliphatic heterocycles. The van der Waals surface area contributed by atoms with Gasteiger partial charge in [0, 0.05) is 26.0 Å². The van der Waals surface area contributed by atoms with Crippen molar-refractivity contribution in [1.82, 2.24) is 5.32 Å². The molecular weight excluding hydrogens is 258 g/mol. The Kier molecular flexibility index (Phi) is 7.59. The zero-order chi connectivity index (χ0) is 15.0. The van der Waals surface area contributed by atoms with Gasteiger partial charge in [-0.05, 0) is 44.4 Å². The lowest BCUT2D eigenvalue weighted by molar-refractivity contribution is -0.137. The summed E-state index contributed by atoms with van der Waals surface area (Å²) in [4.78, 5) is 22.2. The van der Waals surface area contributed by atoms with Crippen LogP contribution in [0, 0.1) is 11.8 Å². The molecule has 1 fully saturated rings. The molecule has 0 heterocycles. The molecule has 1 unspecified atom stereocenters. The summed E-state index contributed by atoms with van der Waals surface area (Å²) in [5, 5.41) is 11.5. The third kappa shape index (κ3) is 6.89. The van der Waals surface area contributed by atoms with Crippen LogP contribution in [0.4, 0.5) is 0 Å². The van der Waals surface area contributed by atoms with E-state index in [-0.39, 0.29) is 12.3 Å². The molecule has 1 aliphatic rings. The van der Waals surface area contributed by atoms with E-state index in [9.17, 15) is 9.59 Å². The number of carboxylic acid groups (broad SMARTS) is 1.